The van der Waals surface area contributed by atoms with Gasteiger partial charge in [0.2, 0.25) is 0 Å². The summed E-state index contributed by atoms with van der Waals surface area (Å²) in [4.78, 5) is 2.52. The van der Waals surface area contributed by atoms with Crippen molar-refractivity contribution >= 4 is 80.9 Å². The summed E-state index contributed by atoms with van der Waals surface area (Å²) in [5.41, 5.74) is 16.0. The van der Waals surface area contributed by atoms with Crippen molar-refractivity contribution in [3.05, 3.63) is 247 Å². The van der Waals surface area contributed by atoms with E-state index in [0.717, 1.165) is 17.1 Å². The molecule has 0 atom stereocenters. The van der Waals surface area contributed by atoms with Crippen molar-refractivity contribution in [1.82, 2.24) is 0 Å². The number of nitrogens with zero attached hydrogens (tertiary/aromatic N) is 1. The molecule has 0 amide bonds. The normalized spacial score (nSPS) is 13.2. The first-order valence-electron chi connectivity index (χ1n) is 21.8. The van der Waals surface area contributed by atoms with E-state index in [-0.39, 0.29) is 0 Å². The van der Waals surface area contributed by atoms with E-state index in [2.05, 4.69) is 229 Å². The molecule has 0 N–H and O–H groups in total. The van der Waals surface area contributed by atoms with Crippen LogP contribution in [0, 0.1) is 0 Å². The molecule has 1 aromatic heterocycles. The fourth-order valence-electron chi connectivity index (χ4n) is 11.5. The van der Waals surface area contributed by atoms with Crippen molar-refractivity contribution in [2.75, 3.05) is 4.90 Å². The van der Waals surface area contributed by atoms with Crippen LogP contribution in [0.5, 0.6) is 0 Å². The standard InChI is InChI=1S/C61H37NS/c1-2-15-44-42(14-1)43-16-3-4-21-51(43)60-52(44)22-13-26-57(60)62(40-31-28-38(29-32-40)39-30-34-50-49-20-8-12-27-58(49)63-59(50)36-39)41-33-35-48-47-19-7-11-25-55(47)61(56(48)37-41)53-23-9-5-17-45(53)46-18-6-10-24-54(46)61/h1-37H. The summed E-state index contributed by atoms with van der Waals surface area (Å²) in [6, 6.07) is 84.2. The molecule has 292 valence electrons. The molecule has 0 saturated heterocycles. The molecular formula is C61H37NS. The van der Waals surface area contributed by atoms with Gasteiger partial charge in [0.05, 0.1) is 11.1 Å². The van der Waals surface area contributed by atoms with Gasteiger partial charge in [-0.05, 0) is 125 Å². The Kier molecular flexibility index (Phi) is 7.26. The maximum atomic E-state index is 2.52. The highest BCUT2D eigenvalue weighted by molar-refractivity contribution is 7.25. The van der Waals surface area contributed by atoms with Crippen LogP contribution in [-0.4, -0.2) is 0 Å². The third-order valence-electron chi connectivity index (χ3n) is 14.1. The van der Waals surface area contributed by atoms with E-state index in [1.54, 1.807) is 0 Å². The Balaban J connectivity index is 1.03. The van der Waals surface area contributed by atoms with Crippen molar-refractivity contribution in [2.24, 2.45) is 0 Å². The van der Waals surface area contributed by atoms with Gasteiger partial charge in [-0.1, -0.05) is 182 Å². The second-order valence-electron chi connectivity index (χ2n) is 17.1. The summed E-state index contributed by atoms with van der Waals surface area (Å²) >= 11 is 1.87. The molecular weight excluding hydrogens is 779 g/mol. The molecule has 0 fully saturated rings. The van der Waals surface area contributed by atoms with Gasteiger partial charge in [-0.25, -0.2) is 0 Å². The topological polar surface area (TPSA) is 3.24 Å². The predicted molar refractivity (Wildman–Crippen MR) is 268 cm³/mol. The van der Waals surface area contributed by atoms with Crippen LogP contribution in [0.15, 0.2) is 224 Å². The fraction of sp³-hybridized carbons (Fsp3) is 0.0164. The van der Waals surface area contributed by atoms with E-state index in [1.165, 1.54) is 108 Å². The summed E-state index contributed by atoms with van der Waals surface area (Å²) in [6.07, 6.45) is 0. The number of thiophene rings is 1. The van der Waals surface area contributed by atoms with Gasteiger partial charge in [0.25, 0.3) is 0 Å². The SMILES string of the molecule is c1ccc2c(c1)-c1ccccc1C21c2ccccc2-c2ccc(N(c3ccc(-c4ccc5c(c4)sc4ccccc45)cc3)c3cccc4c5ccccc5c5ccccc5c34)cc21. The highest BCUT2D eigenvalue weighted by Gasteiger charge is 2.51. The van der Waals surface area contributed by atoms with Crippen molar-refractivity contribution in [3.8, 4) is 33.4 Å². The van der Waals surface area contributed by atoms with E-state index in [4.69, 9.17) is 0 Å². The number of hydrogen-bond acceptors (Lipinski definition) is 2. The van der Waals surface area contributed by atoms with Crippen LogP contribution in [0.1, 0.15) is 22.3 Å². The Labute approximate surface area is 369 Å². The van der Waals surface area contributed by atoms with Gasteiger partial charge >= 0.3 is 0 Å². The lowest BCUT2D eigenvalue weighted by molar-refractivity contribution is 0.793. The molecule has 1 nitrogen and oxygen atoms in total. The predicted octanol–water partition coefficient (Wildman–Crippen LogP) is 17.0. The zero-order valence-electron chi connectivity index (χ0n) is 34.2. The van der Waals surface area contributed by atoms with E-state index in [0.29, 0.717) is 0 Å². The van der Waals surface area contributed by atoms with E-state index in [1.807, 2.05) is 11.3 Å². The maximum absolute atomic E-state index is 2.52. The molecule has 0 bridgehead atoms. The van der Waals surface area contributed by atoms with Gasteiger partial charge in [0.1, 0.15) is 0 Å². The molecule has 11 aromatic carbocycles. The molecule has 0 radical (unpaired) electrons. The number of hydrogen-bond donors (Lipinski definition) is 0. The third-order valence-corrected chi connectivity index (χ3v) is 15.2. The van der Waals surface area contributed by atoms with Crippen molar-refractivity contribution in [3.63, 3.8) is 0 Å². The summed E-state index contributed by atoms with van der Waals surface area (Å²) in [5.74, 6) is 0. The second kappa shape index (κ2) is 13.1. The Morgan fingerprint density at radius 3 is 1.43 bits per heavy atom. The third kappa shape index (κ3) is 4.76. The van der Waals surface area contributed by atoms with Crippen LogP contribution < -0.4 is 4.90 Å². The Hall–Kier alpha value is -7.78. The lowest BCUT2D eigenvalue weighted by atomic mass is 9.70. The molecule has 1 spiro atoms. The summed E-state index contributed by atoms with van der Waals surface area (Å²) < 4.78 is 2.65. The van der Waals surface area contributed by atoms with Crippen LogP contribution in [0.25, 0.3) is 85.9 Å². The summed E-state index contributed by atoms with van der Waals surface area (Å²) in [6.45, 7) is 0. The van der Waals surface area contributed by atoms with E-state index < -0.39 is 5.41 Å². The van der Waals surface area contributed by atoms with Gasteiger partial charge in [-0.15, -0.1) is 11.3 Å². The number of fused-ring (bicyclic) bond motifs is 19. The molecule has 2 aliphatic rings. The second-order valence-corrected chi connectivity index (χ2v) is 18.2. The Bertz CT molecular complexity index is 3760. The monoisotopic (exact) mass is 815 g/mol. The first-order chi connectivity index (χ1) is 31.3. The number of benzene rings is 11. The van der Waals surface area contributed by atoms with Crippen LogP contribution in [-0.2, 0) is 5.41 Å². The highest BCUT2D eigenvalue weighted by atomic mass is 32.1. The molecule has 14 rings (SSSR count). The molecule has 2 heteroatoms. The zero-order valence-corrected chi connectivity index (χ0v) is 35.0. The number of rotatable bonds is 4. The van der Waals surface area contributed by atoms with Crippen LogP contribution in [0.2, 0.25) is 0 Å². The minimum atomic E-state index is -0.447. The smallest absolute Gasteiger partial charge is 0.0726 e. The highest BCUT2D eigenvalue weighted by Crippen LogP contribution is 2.63. The minimum Gasteiger partial charge on any atom is -0.310 e. The average molecular weight is 816 g/mol. The molecule has 0 saturated carbocycles. The van der Waals surface area contributed by atoms with Gasteiger partial charge in [0, 0.05) is 36.9 Å². The first kappa shape index (κ1) is 34.9. The fourth-order valence-corrected chi connectivity index (χ4v) is 12.6. The van der Waals surface area contributed by atoms with Crippen molar-refractivity contribution in [1.29, 1.82) is 0 Å². The molecule has 2 aliphatic carbocycles. The van der Waals surface area contributed by atoms with Crippen LogP contribution in [0.4, 0.5) is 17.1 Å². The molecule has 12 aromatic rings. The van der Waals surface area contributed by atoms with Crippen LogP contribution in [0.3, 0.4) is 0 Å². The van der Waals surface area contributed by atoms with Crippen molar-refractivity contribution in [2.45, 2.75) is 5.41 Å². The maximum Gasteiger partial charge on any atom is 0.0726 e. The zero-order chi connectivity index (χ0) is 41.2. The Morgan fingerprint density at radius 1 is 0.302 bits per heavy atom. The lowest BCUT2D eigenvalue weighted by Crippen LogP contribution is -2.26. The average Bonchev–Trinajstić information content (AvgIpc) is 3.98. The Morgan fingerprint density at radius 2 is 0.778 bits per heavy atom. The summed E-state index contributed by atoms with van der Waals surface area (Å²) in [7, 11) is 0. The molecule has 1 heterocycles. The largest absolute Gasteiger partial charge is 0.310 e. The molecule has 0 aliphatic heterocycles. The van der Waals surface area contributed by atoms with E-state index >= 15 is 0 Å². The quantitative estimate of drug-likeness (QED) is 0.160. The first-order valence-corrected chi connectivity index (χ1v) is 22.7. The summed E-state index contributed by atoms with van der Waals surface area (Å²) in [5, 5.41) is 10.2. The van der Waals surface area contributed by atoms with Gasteiger partial charge in [-0.3, -0.25) is 0 Å². The van der Waals surface area contributed by atoms with Gasteiger partial charge < -0.3 is 4.90 Å². The minimum absolute atomic E-state index is 0.447. The van der Waals surface area contributed by atoms with E-state index in [9.17, 15) is 0 Å². The molecule has 63 heavy (non-hydrogen) atoms. The number of anilines is 3. The lowest BCUT2D eigenvalue weighted by Gasteiger charge is -2.32. The van der Waals surface area contributed by atoms with Crippen LogP contribution >= 0.6 is 11.3 Å². The van der Waals surface area contributed by atoms with Gasteiger partial charge in [0.15, 0.2) is 0 Å². The molecule has 0 unspecified atom stereocenters. The van der Waals surface area contributed by atoms with Gasteiger partial charge in [-0.2, -0.15) is 0 Å². The van der Waals surface area contributed by atoms with Crippen molar-refractivity contribution < 1.29 is 0 Å².